The first-order chi connectivity index (χ1) is 13.3. The standard InChI is InChI=1S/C20H17Cl2N3O3/c1-11-17(19(24-28-11)18-15(21)5-4-6-16(18)22)20(27)23-13-7-9-14(10-8-13)25(3)12(2)26/h4-10H,1-3H3,(H,23,27). The molecule has 6 nitrogen and oxygen atoms in total. The summed E-state index contributed by atoms with van der Waals surface area (Å²) in [6.07, 6.45) is 0. The molecule has 1 heterocycles. The number of nitrogens with one attached hydrogen (secondary N) is 1. The van der Waals surface area contributed by atoms with Crippen molar-refractivity contribution in [2.24, 2.45) is 0 Å². The van der Waals surface area contributed by atoms with Crippen molar-refractivity contribution in [2.75, 3.05) is 17.3 Å². The number of hydrogen-bond acceptors (Lipinski definition) is 4. The van der Waals surface area contributed by atoms with Crippen LogP contribution in [0.3, 0.4) is 0 Å². The van der Waals surface area contributed by atoms with E-state index in [0.29, 0.717) is 27.1 Å². The van der Waals surface area contributed by atoms with Gasteiger partial charge in [0.25, 0.3) is 5.91 Å². The van der Waals surface area contributed by atoms with E-state index >= 15 is 0 Å². The van der Waals surface area contributed by atoms with E-state index in [-0.39, 0.29) is 17.2 Å². The third kappa shape index (κ3) is 3.88. The predicted octanol–water partition coefficient (Wildman–Crippen LogP) is 5.19. The highest BCUT2D eigenvalue weighted by Gasteiger charge is 2.25. The van der Waals surface area contributed by atoms with Crippen LogP contribution in [0.4, 0.5) is 11.4 Å². The lowest BCUT2D eigenvalue weighted by Crippen LogP contribution is -2.22. The first kappa shape index (κ1) is 19.9. The van der Waals surface area contributed by atoms with Crippen LogP contribution < -0.4 is 10.2 Å². The van der Waals surface area contributed by atoms with Gasteiger partial charge in [0.2, 0.25) is 5.91 Å². The predicted molar refractivity (Wildman–Crippen MR) is 110 cm³/mol. The molecular formula is C20H17Cl2N3O3. The number of carbonyl (C=O) groups excluding carboxylic acids is 2. The zero-order chi connectivity index (χ0) is 20.4. The fourth-order valence-electron chi connectivity index (χ4n) is 2.68. The van der Waals surface area contributed by atoms with Crippen LogP contribution in [-0.2, 0) is 4.79 Å². The number of halogens is 2. The van der Waals surface area contributed by atoms with E-state index in [1.165, 1.54) is 11.8 Å². The van der Waals surface area contributed by atoms with E-state index in [9.17, 15) is 9.59 Å². The summed E-state index contributed by atoms with van der Waals surface area (Å²) in [6.45, 7) is 3.12. The highest BCUT2D eigenvalue weighted by Crippen LogP contribution is 2.37. The number of aromatic nitrogens is 1. The third-order valence-corrected chi connectivity index (χ3v) is 4.90. The van der Waals surface area contributed by atoms with Gasteiger partial charge in [-0.25, -0.2) is 0 Å². The largest absolute Gasteiger partial charge is 0.360 e. The van der Waals surface area contributed by atoms with Crippen LogP contribution in [-0.4, -0.2) is 24.0 Å². The molecule has 0 aliphatic carbocycles. The van der Waals surface area contributed by atoms with Crippen molar-refractivity contribution in [1.82, 2.24) is 5.16 Å². The number of aryl methyl sites for hydroxylation is 1. The van der Waals surface area contributed by atoms with Gasteiger partial charge in [-0.1, -0.05) is 34.4 Å². The summed E-state index contributed by atoms with van der Waals surface area (Å²) >= 11 is 12.5. The molecule has 0 spiro atoms. The Kier molecular flexibility index (Phi) is 5.72. The fourth-order valence-corrected chi connectivity index (χ4v) is 3.25. The Labute approximate surface area is 172 Å². The van der Waals surface area contributed by atoms with Gasteiger partial charge in [0.05, 0.1) is 10.0 Å². The molecule has 144 valence electrons. The number of benzene rings is 2. The van der Waals surface area contributed by atoms with Crippen LogP contribution in [0.2, 0.25) is 10.0 Å². The smallest absolute Gasteiger partial charge is 0.261 e. The van der Waals surface area contributed by atoms with Crippen LogP contribution >= 0.6 is 23.2 Å². The Hall–Kier alpha value is -2.83. The molecule has 2 aromatic carbocycles. The first-order valence-electron chi connectivity index (χ1n) is 8.36. The topological polar surface area (TPSA) is 75.4 Å². The number of nitrogens with zero attached hydrogens (tertiary/aromatic N) is 2. The molecule has 0 radical (unpaired) electrons. The molecule has 0 aliphatic rings. The highest BCUT2D eigenvalue weighted by molar-refractivity contribution is 6.39. The van der Waals surface area contributed by atoms with Gasteiger partial charge in [-0.15, -0.1) is 0 Å². The van der Waals surface area contributed by atoms with Crippen LogP contribution in [0.25, 0.3) is 11.3 Å². The molecule has 3 rings (SSSR count). The van der Waals surface area contributed by atoms with E-state index in [4.69, 9.17) is 27.7 Å². The number of hydrogen-bond donors (Lipinski definition) is 1. The maximum atomic E-state index is 12.9. The Morgan fingerprint density at radius 3 is 2.25 bits per heavy atom. The fraction of sp³-hybridized carbons (Fsp3) is 0.150. The molecule has 0 aliphatic heterocycles. The number of rotatable bonds is 4. The summed E-state index contributed by atoms with van der Waals surface area (Å²) in [6, 6.07) is 11.9. The van der Waals surface area contributed by atoms with Crippen molar-refractivity contribution in [3.63, 3.8) is 0 Å². The number of carbonyl (C=O) groups is 2. The molecular weight excluding hydrogens is 401 g/mol. The zero-order valence-electron chi connectivity index (χ0n) is 15.4. The molecule has 0 bridgehead atoms. The van der Waals surface area contributed by atoms with Gasteiger partial charge in [0, 0.05) is 30.9 Å². The van der Waals surface area contributed by atoms with Crippen molar-refractivity contribution in [1.29, 1.82) is 0 Å². The summed E-state index contributed by atoms with van der Waals surface area (Å²) in [5.41, 5.74) is 2.24. The summed E-state index contributed by atoms with van der Waals surface area (Å²) < 4.78 is 5.22. The van der Waals surface area contributed by atoms with Crippen molar-refractivity contribution in [3.05, 3.63) is 63.8 Å². The second kappa shape index (κ2) is 8.04. The van der Waals surface area contributed by atoms with E-state index in [1.54, 1.807) is 56.4 Å². The van der Waals surface area contributed by atoms with Gasteiger partial charge >= 0.3 is 0 Å². The van der Waals surface area contributed by atoms with Crippen molar-refractivity contribution in [3.8, 4) is 11.3 Å². The highest BCUT2D eigenvalue weighted by atomic mass is 35.5. The van der Waals surface area contributed by atoms with Crippen LogP contribution in [0, 0.1) is 6.92 Å². The molecule has 28 heavy (non-hydrogen) atoms. The van der Waals surface area contributed by atoms with Crippen molar-refractivity contribution in [2.45, 2.75) is 13.8 Å². The molecule has 0 unspecified atom stereocenters. The Balaban J connectivity index is 1.90. The second-order valence-corrected chi connectivity index (χ2v) is 6.95. The molecule has 2 amide bonds. The normalized spacial score (nSPS) is 10.6. The maximum Gasteiger partial charge on any atom is 0.261 e. The molecule has 0 atom stereocenters. The van der Waals surface area contributed by atoms with Gasteiger partial charge in [-0.3, -0.25) is 9.59 Å². The minimum atomic E-state index is -0.405. The van der Waals surface area contributed by atoms with Crippen LogP contribution in [0.5, 0.6) is 0 Å². The van der Waals surface area contributed by atoms with E-state index < -0.39 is 5.91 Å². The van der Waals surface area contributed by atoms with Gasteiger partial charge in [0.15, 0.2) is 0 Å². The van der Waals surface area contributed by atoms with Gasteiger partial charge < -0.3 is 14.7 Å². The zero-order valence-corrected chi connectivity index (χ0v) is 16.9. The monoisotopic (exact) mass is 417 g/mol. The molecule has 1 aromatic heterocycles. The van der Waals surface area contributed by atoms with E-state index in [0.717, 1.165) is 5.69 Å². The Morgan fingerprint density at radius 1 is 1.07 bits per heavy atom. The Morgan fingerprint density at radius 2 is 1.68 bits per heavy atom. The lowest BCUT2D eigenvalue weighted by atomic mass is 10.1. The molecule has 8 heteroatoms. The molecule has 0 saturated heterocycles. The maximum absolute atomic E-state index is 12.9. The van der Waals surface area contributed by atoms with E-state index in [1.807, 2.05) is 0 Å². The third-order valence-electron chi connectivity index (χ3n) is 4.27. The van der Waals surface area contributed by atoms with Crippen molar-refractivity contribution < 1.29 is 14.1 Å². The molecule has 0 saturated carbocycles. The van der Waals surface area contributed by atoms with Gasteiger partial charge in [-0.05, 0) is 43.3 Å². The van der Waals surface area contributed by atoms with Crippen LogP contribution in [0.15, 0.2) is 47.0 Å². The summed E-state index contributed by atoms with van der Waals surface area (Å²) in [7, 11) is 1.68. The minimum Gasteiger partial charge on any atom is -0.360 e. The Bertz CT molecular complexity index is 1030. The van der Waals surface area contributed by atoms with Gasteiger partial charge in [-0.2, -0.15) is 0 Å². The van der Waals surface area contributed by atoms with Crippen molar-refractivity contribution >= 4 is 46.4 Å². The van der Waals surface area contributed by atoms with Gasteiger partial charge in [0.1, 0.15) is 17.0 Å². The lowest BCUT2D eigenvalue weighted by Gasteiger charge is -2.15. The molecule has 0 fully saturated rings. The second-order valence-electron chi connectivity index (χ2n) is 6.14. The summed E-state index contributed by atoms with van der Waals surface area (Å²) in [4.78, 5) is 25.8. The van der Waals surface area contributed by atoms with Crippen LogP contribution in [0.1, 0.15) is 23.0 Å². The first-order valence-corrected chi connectivity index (χ1v) is 9.11. The molecule has 3 aromatic rings. The van der Waals surface area contributed by atoms with E-state index in [2.05, 4.69) is 10.5 Å². The average Bonchev–Trinajstić information content (AvgIpc) is 3.03. The lowest BCUT2D eigenvalue weighted by molar-refractivity contribution is -0.116. The summed E-state index contributed by atoms with van der Waals surface area (Å²) in [5, 5.41) is 7.51. The SMILES string of the molecule is CC(=O)N(C)c1ccc(NC(=O)c2c(-c3c(Cl)cccc3Cl)noc2C)cc1. The number of anilines is 2. The number of amides is 2. The quantitative estimate of drug-likeness (QED) is 0.633. The minimum absolute atomic E-state index is 0.0851. The summed E-state index contributed by atoms with van der Waals surface area (Å²) in [5.74, 6) is -0.146. The average molecular weight is 418 g/mol. The molecule has 1 N–H and O–H groups in total.